The van der Waals surface area contributed by atoms with Gasteiger partial charge in [0.25, 0.3) is 0 Å². The number of thioether (sulfide) groups is 1. The summed E-state index contributed by atoms with van der Waals surface area (Å²) in [5.74, 6) is -0.241. The van der Waals surface area contributed by atoms with Crippen LogP contribution in [0.3, 0.4) is 0 Å². The third-order valence-electron chi connectivity index (χ3n) is 1.72. The third-order valence-corrected chi connectivity index (χ3v) is 2.31. The van der Waals surface area contributed by atoms with Crippen LogP contribution < -0.4 is 0 Å². The van der Waals surface area contributed by atoms with Crippen molar-refractivity contribution in [3.05, 3.63) is 0 Å². The van der Waals surface area contributed by atoms with Crippen LogP contribution in [0.15, 0.2) is 0 Å². The Kier molecular flexibility index (Phi) is 5.36. The lowest BCUT2D eigenvalue weighted by Crippen LogP contribution is -2.46. The van der Waals surface area contributed by atoms with E-state index >= 15 is 0 Å². The van der Waals surface area contributed by atoms with Crippen LogP contribution in [-0.2, 0) is 4.79 Å². The van der Waals surface area contributed by atoms with Crippen LogP contribution in [0.1, 0.15) is 6.92 Å². The maximum absolute atomic E-state index is 10.5. The zero-order valence-corrected chi connectivity index (χ0v) is 9.10. The Bertz CT molecular complexity index is 173. The van der Waals surface area contributed by atoms with E-state index in [9.17, 15) is 9.90 Å². The highest BCUT2D eigenvalue weighted by atomic mass is 32.2. The largest absolute Gasteiger partial charge is 0.479 e. The average Bonchev–Trinajstić information content (AvgIpc) is 1.99. The number of carboxylic acid groups (broad SMARTS) is 1. The van der Waals surface area contributed by atoms with E-state index in [1.54, 1.807) is 18.8 Å². The summed E-state index contributed by atoms with van der Waals surface area (Å²) in [4.78, 5) is 12.4. The Hall–Kier alpha value is -0.260. The zero-order chi connectivity index (χ0) is 10.5. The van der Waals surface area contributed by atoms with E-state index in [0.717, 1.165) is 12.3 Å². The van der Waals surface area contributed by atoms with E-state index < -0.39 is 11.6 Å². The van der Waals surface area contributed by atoms with Crippen LogP contribution in [0.5, 0.6) is 0 Å². The second-order valence-electron chi connectivity index (χ2n) is 3.31. The SMILES string of the molecule is CSCCN(C)CC(C)(O)C(=O)O. The first kappa shape index (κ1) is 12.7. The van der Waals surface area contributed by atoms with E-state index in [1.165, 1.54) is 6.92 Å². The summed E-state index contributed by atoms with van der Waals surface area (Å²) in [6.45, 7) is 2.25. The molecule has 0 aliphatic rings. The van der Waals surface area contributed by atoms with Gasteiger partial charge in [-0.1, -0.05) is 0 Å². The van der Waals surface area contributed by atoms with Gasteiger partial charge in [0.15, 0.2) is 5.60 Å². The predicted molar refractivity (Wildman–Crippen MR) is 54.1 cm³/mol. The number of hydrogen-bond donors (Lipinski definition) is 2. The Morgan fingerprint density at radius 3 is 2.54 bits per heavy atom. The summed E-state index contributed by atoms with van der Waals surface area (Å²) in [6.07, 6.45) is 1.99. The molecule has 0 bridgehead atoms. The second kappa shape index (κ2) is 5.47. The fourth-order valence-electron chi connectivity index (χ4n) is 0.919. The van der Waals surface area contributed by atoms with Crippen molar-refractivity contribution >= 4 is 17.7 Å². The molecule has 0 aromatic rings. The summed E-state index contributed by atoms with van der Waals surface area (Å²) in [5.41, 5.74) is -1.65. The monoisotopic (exact) mass is 207 g/mol. The molecule has 0 radical (unpaired) electrons. The Morgan fingerprint density at radius 1 is 1.62 bits per heavy atom. The van der Waals surface area contributed by atoms with Gasteiger partial charge in [0.05, 0.1) is 0 Å². The Balaban J connectivity index is 3.89. The second-order valence-corrected chi connectivity index (χ2v) is 4.30. The molecule has 0 spiro atoms. The molecular formula is C8H17NO3S. The van der Waals surface area contributed by atoms with Gasteiger partial charge in [-0.15, -0.1) is 0 Å². The molecule has 78 valence electrons. The molecule has 0 saturated carbocycles. The maximum Gasteiger partial charge on any atom is 0.336 e. The first-order chi connectivity index (χ1) is 5.90. The molecule has 0 saturated heterocycles. The van der Waals surface area contributed by atoms with Crippen LogP contribution in [0, 0.1) is 0 Å². The van der Waals surface area contributed by atoms with Gasteiger partial charge < -0.3 is 15.1 Å². The van der Waals surface area contributed by atoms with E-state index in [0.29, 0.717) is 0 Å². The number of nitrogens with zero attached hydrogens (tertiary/aromatic N) is 1. The summed E-state index contributed by atoms with van der Waals surface area (Å²) >= 11 is 1.69. The van der Waals surface area contributed by atoms with Gasteiger partial charge in [0.1, 0.15) is 0 Å². The molecule has 0 fully saturated rings. The van der Waals surface area contributed by atoms with Crippen molar-refractivity contribution in [3.8, 4) is 0 Å². The number of likely N-dealkylation sites (N-methyl/N-ethyl adjacent to an activating group) is 1. The number of carbonyl (C=O) groups is 1. The standard InChI is InChI=1S/C8H17NO3S/c1-8(12,7(10)11)6-9(2)4-5-13-3/h12H,4-6H2,1-3H3,(H,10,11). The maximum atomic E-state index is 10.5. The fourth-order valence-corrected chi connectivity index (χ4v) is 1.41. The van der Waals surface area contributed by atoms with Crippen LogP contribution in [0.4, 0.5) is 0 Å². The molecule has 0 rings (SSSR count). The van der Waals surface area contributed by atoms with Gasteiger partial charge in [-0.2, -0.15) is 11.8 Å². The Morgan fingerprint density at radius 2 is 2.15 bits per heavy atom. The van der Waals surface area contributed by atoms with E-state index in [-0.39, 0.29) is 6.54 Å². The molecule has 5 heteroatoms. The van der Waals surface area contributed by atoms with Crippen molar-refractivity contribution in [2.45, 2.75) is 12.5 Å². The van der Waals surface area contributed by atoms with Gasteiger partial charge in [0.2, 0.25) is 0 Å². The lowest BCUT2D eigenvalue weighted by atomic mass is 10.1. The molecule has 0 aliphatic heterocycles. The Labute approximate surface area is 82.9 Å². The van der Waals surface area contributed by atoms with Gasteiger partial charge >= 0.3 is 5.97 Å². The zero-order valence-electron chi connectivity index (χ0n) is 8.28. The average molecular weight is 207 g/mol. The number of aliphatic hydroxyl groups is 1. The highest BCUT2D eigenvalue weighted by molar-refractivity contribution is 7.98. The minimum Gasteiger partial charge on any atom is -0.479 e. The van der Waals surface area contributed by atoms with Gasteiger partial charge in [-0.3, -0.25) is 0 Å². The van der Waals surface area contributed by atoms with Crippen LogP contribution >= 0.6 is 11.8 Å². The minimum absolute atomic E-state index is 0.156. The van der Waals surface area contributed by atoms with E-state index in [2.05, 4.69) is 0 Å². The molecule has 0 amide bonds. The fraction of sp³-hybridized carbons (Fsp3) is 0.875. The lowest BCUT2D eigenvalue weighted by molar-refractivity contribution is -0.158. The lowest BCUT2D eigenvalue weighted by Gasteiger charge is -2.24. The topological polar surface area (TPSA) is 60.8 Å². The molecule has 0 aromatic carbocycles. The third kappa shape index (κ3) is 5.13. The molecule has 4 nitrogen and oxygen atoms in total. The number of carboxylic acids is 1. The molecule has 1 unspecified atom stereocenters. The number of rotatable bonds is 6. The van der Waals surface area contributed by atoms with Crippen LogP contribution in [0.25, 0.3) is 0 Å². The van der Waals surface area contributed by atoms with Gasteiger partial charge in [-0.25, -0.2) is 4.79 Å². The minimum atomic E-state index is -1.65. The van der Waals surface area contributed by atoms with Crippen molar-refractivity contribution < 1.29 is 15.0 Å². The molecule has 0 aliphatic carbocycles. The van der Waals surface area contributed by atoms with Crippen molar-refractivity contribution in [2.75, 3.05) is 32.1 Å². The predicted octanol–water partition coefficient (Wildman–Crippen LogP) is 0.117. The molecule has 13 heavy (non-hydrogen) atoms. The summed E-state index contributed by atoms with van der Waals surface area (Å²) < 4.78 is 0. The quantitative estimate of drug-likeness (QED) is 0.647. The van der Waals surface area contributed by atoms with Crippen LogP contribution in [0.2, 0.25) is 0 Å². The van der Waals surface area contributed by atoms with Crippen molar-refractivity contribution in [2.24, 2.45) is 0 Å². The summed E-state index contributed by atoms with van der Waals surface area (Å²) in [6, 6.07) is 0. The van der Waals surface area contributed by atoms with Crippen molar-refractivity contribution in [1.29, 1.82) is 0 Å². The normalized spacial score (nSPS) is 15.8. The van der Waals surface area contributed by atoms with E-state index in [4.69, 9.17) is 5.11 Å². The van der Waals surface area contributed by atoms with Crippen LogP contribution in [-0.4, -0.2) is 58.8 Å². The van der Waals surface area contributed by atoms with Crippen molar-refractivity contribution in [3.63, 3.8) is 0 Å². The number of aliphatic carboxylic acids is 1. The smallest absolute Gasteiger partial charge is 0.336 e. The first-order valence-corrected chi connectivity index (χ1v) is 5.43. The van der Waals surface area contributed by atoms with Crippen molar-refractivity contribution in [1.82, 2.24) is 4.90 Å². The van der Waals surface area contributed by atoms with Gasteiger partial charge in [0, 0.05) is 18.8 Å². The summed E-state index contributed by atoms with van der Waals surface area (Å²) in [7, 11) is 1.80. The summed E-state index contributed by atoms with van der Waals surface area (Å²) in [5, 5.41) is 18.0. The molecule has 1 atom stereocenters. The molecule has 0 aromatic heterocycles. The number of hydrogen-bond acceptors (Lipinski definition) is 4. The molecule has 0 heterocycles. The molecule has 2 N–H and O–H groups in total. The van der Waals surface area contributed by atoms with Gasteiger partial charge in [-0.05, 0) is 20.2 Å². The highest BCUT2D eigenvalue weighted by Gasteiger charge is 2.30. The first-order valence-electron chi connectivity index (χ1n) is 4.03. The van der Waals surface area contributed by atoms with E-state index in [1.807, 2.05) is 11.2 Å². The highest BCUT2D eigenvalue weighted by Crippen LogP contribution is 2.05. The molecular weight excluding hydrogens is 190 g/mol.